The van der Waals surface area contributed by atoms with E-state index in [9.17, 15) is 0 Å². The molecule has 1 saturated carbocycles. The van der Waals surface area contributed by atoms with Crippen molar-refractivity contribution in [1.29, 1.82) is 0 Å². The molecule has 0 radical (unpaired) electrons. The predicted octanol–water partition coefficient (Wildman–Crippen LogP) is 0.809. The minimum atomic E-state index is 0.300. The lowest BCUT2D eigenvalue weighted by atomic mass is 10.1. The Labute approximate surface area is 55.1 Å². The van der Waals surface area contributed by atoms with E-state index in [0.29, 0.717) is 18.3 Å². The third-order valence-corrected chi connectivity index (χ3v) is 2.37. The Bertz CT molecular complexity index is 124. The van der Waals surface area contributed by atoms with E-state index in [0.717, 1.165) is 5.92 Å². The van der Waals surface area contributed by atoms with E-state index in [1.807, 2.05) is 0 Å². The van der Waals surface area contributed by atoms with Crippen LogP contribution in [0.3, 0.4) is 0 Å². The van der Waals surface area contributed by atoms with Gasteiger partial charge in [-0.25, -0.2) is 0 Å². The molecule has 52 valence electrons. The molecule has 2 fully saturated rings. The molecule has 4 unspecified atom stereocenters. The maximum absolute atomic E-state index is 5.44. The van der Waals surface area contributed by atoms with Crippen LogP contribution in [0.15, 0.2) is 0 Å². The standard InChI is InChI=1S/C7H12O2/c1-4(8-2)7-5-3-6(5)9-7/h4-7H,3H2,1-2H3. The largest absolute Gasteiger partial charge is 0.379 e. The van der Waals surface area contributed by atoms with E-state index in [1.54, 1.807) is 7.11 Å². The molecule has 2 heteroatoms. The summed E-state index contributed by atoms with van der Waals surface area (Å²) in [6.07, 6.45) is 2.61. The highest BCUT2D eigenvalue weighted by molar-refractivity contribution is 5.04. The molecule has 2 rings (SSSR count). The van der Waals surface area contributed by atoms with Crippen LogP contribution in [0.25, 0.3) is 0 Å². The molecule has 0 aromatic rings. The quantitative estimate of drug-likeness (QED) is 0.548. The molecule has 4 atom stereocenters. The van der Waals surface area contributed by atoms with Crippen LogP contribution in [0.5, 0.6) is 0 Å². The normalized spacial score (nSPS) is 49.3. The van der Waals surface area contributed by atoms with Gasteiger partial charge in [-0.05, 0) is 13.3 Å². The van der Waals surface area contributed by atoms with Gasteiger partial charge < -0.3 is 9.47 Å². The van der Waals surface area contributed by atoms with Crippen LogP contribution >= 0.6 is 0 Å². The summed E-state index contributed by atoms with van der Waals surface area (Å²) in [6, 6.07) is 0. The molecule has 1 aliphatic heterocycles. The molecule has 0 amide bonds. The number of ether oxygens (including phenoxy) is 2. The first-order valence-corrected chi connectivity index (χ1v) is 3.51. The highest BCUT2D eigenvalue weighted by atomic mass is 16.6. The van der Waals surface area contributed by atoms with Crippen molar-refractivity contribution in [2.24, 2.45) is 5.92 Å². The monoisotopic (exact) mass is 128 g/mol. The Kier molecular flexibility index (Phi) is 1.08. The number of methoxy groups -OCH3 is 1. The van der Waals surface area contributed by atoms with Crippen LogP contribution in [0.2, 0.25) is 0 Å². The van der Waals surface area contributed by atoms with Crippen molar-refractivity contribution in [3.8, 4) is 0 Å². The zero-order valence-corrected chi connectivity index (χ0v) is 5.83. The van der Waals surface area contributed by atoms with Crippen molar-refractivity contribution >= 4 is 0 Å². The highest BCUT2D eigenvalue weighted by Crippen LogP contribution is 2.50. The second kappa shape index (κ2) is 1.70. The molecule has 0 spiro atoms. The lowest BCUT2D eigenvalue weighted by Gasteiger charge is -2.30. The molecule has 0 aromatic heterocycles. The zero-order chi connectivity index (χ0) is 6.43. The average Bonchev–Trinajstić information content (AvgIpc) is 2.42. The summed E-state index contributed by atoms with van der Waals surface area (Å²) in [7, 11) is 1.74. The first kappa shape index (κ1) is 5.69. The highest BCUT2D eigenvalue weighted by Gasteiger charge is 2.57. The fourth-order valence-electron chi connectivity index (χ4n) is 1.50. The number of fused-ring (bicyclic) bond motifs is 1. The molecule has 1 saturated heterocycles. The molecular formula is C7H12O2. The van der Waals surface area contributed by atoms with Crippen molar-refractivity contribution in [2.45, 2.75) is 31.7 Å². The van der Waals surface area contributed by atoms with Crippen LogP contribution in [0.4, 0.5) is 0 Å². The van der Waals surface area contributed by atoms with Gasteiger partial charge in [0.2, 0.25) is 0 Å². The topological polar surface area (TPSA) is 18.5 Å². The minimum absolute atomic E-state index is 0.300. The first-order chi connectivity index (χ1) is 4.33. The number of rotatable bonds is 2. The first-order valence-electron chi connectivity index (χ1n) is 3.51. The van der Waals surface area contributed by atoms with E-state index in [-0.39, 0.29) is 0 Å². The third-order valence-electron chi connectivity index (χ3n) is 2.37. The lowest BCUT2D eigenvalue weighted by molar-refractivity contribution is -0.129. The van der Waals surface area contributed by atoms with Gasteiger partial charge in [0.15, 0.2) is 0 Å². The SMILES string of the molecule is COC(C)C1OC2CC21. The Morgan fingerprint density at radius 3 is 2.78 bits per heavy atom. The summed E-state index contributed by atoms with van der Waals surface area (Å²) >= 11 is 0. The van der Waals surface area contributed by atoms with E-state index in [1.165, 1.54) is 6.42 Å². The van der Waals surface area contributed by atoms with Gasteiger partial charge in [-0.2, -0.15) is 0 Å². The van der Waals surface area contributed by atoms with Crippen LogP contribution < -0.4 is 0 Å². The predicted molar refractivity (Wildman–Crippen MR) is 33.2 cm³/mol. The molecule has 2 nitrogen and oxygen atoms in total. The summed E-state index contributed by atoms with van der Waals surface area (Å²) in [6.45, 7) is 2.07. The molecule has 1 aliphatic carbocycles. The van der Waals surface area contributed by atoms with Crippen LogP contribution in [-0.4, -0.2) is 25.4 Å². The molecular weight excluding hydrogens is 116 g/mol. The molecule has 9 heavy (non-hydrogen) atoms. The van der Waals surface area contributed by atoms with Gasteiger partial charge in [-0.1, -0.05) is 0 Å². The van der Waals surface area contributed by atoms with Crippen LogP contribution in [-0.2, 0) is 9.47 Å². The fourth-order valence-corrected chi connectivity index (χ4v) is 1.50. The Morgan fingerprint density at radius 1 is 1.67 bits per heavy atom. The summed E-state index contributed by atoms with van der Waals surface area (Å²) < 4.78 is 10.6. The third kappa shape index (κ3) is 0.700. The molecule has 0 N–H and O–H groups in total. The molecule has 0 bridgehead atoms. The summed E-state index contributed by atoms with van der Waals surface area (Å²) in [4.78, 5) is 0. The van der Waals surface area contributed by atoms with Crippen molar-refractivity contribution in [1.82, 2.24) is 0 Å². The van der Waals surface area contributed by atoms with Crippen LogP contribution in [0.1, 0.15) is 13.3 Å². The van der Waals surface area contributed by atoms with Crippen molar-refractivity contribution in [2.75, 3.05) is 7.11 Å². The summed E-state index contributed by atoms with van der Waals surface area (Å²) in [5.74, 6) is 0.847. The second-order valence-corrected chi connectivity index (χ2v) is 2.98. The number of hydrogen-bond acceptors (Lipinski definition) is 2. The Balaban J connectivity index is 1.85. The summed E-state index contributed by atoms with van der Waals surface area (Å²) in [5.41, 5.74) is 0. The average molecular weight is 128 g/mol. The van der Waals surface area contributed by atoms with Crippen molar-refractivity contribution in [3.05, 3.63) is 0 Å². The van der Waals surface area contributed by atoms with E-state index in [2.05, 4.69) is 6.92 Å². The van der Waals surface area contributed by atoms with E-state index >= 15 is 0 Å². The van der Waals surface area contributed by atoms with E-state index in [4.69, 9.17) is 9.47 Å². The molecule has 0 aromatic carbocycles. The van der Waals surface area contributed by atoms with Gasteiger partial charge >= 0.3 is 0 Å². The number of hydrogen-bond donors (Lipinski definition) is 0. The lowest BCUT2D eigenvalue weighted by Crippen LogP contribution is -2.39. The van der Waals surface area contributed by atoms with Gasteiger partial charge in [-0.15, -0.1) is 0 Å². The van der Waals surface area contributed by atoms with Crippen molar-refractivity contribution < 1.29 is 9.47 Å². The van der Waals surface area contributed by atoms with Crippen molar-refractivity contribution in [3.63, 3.8) is 0 Å². The maximum Gasteiger partial charge on any atom is 0.0891 e. The second-order valence-electron chi connectivity index (χ2n) is 2.98. The van der Waals surface area contributed by atoms with Gasteiger partial charge in [0.05, 0.1) is 18.3 Å². The fraction of sp³-hybridized carbons (Fsp3) is 1.00. The van der Waals surface area contributed by atoms with Gasteiger partial charge in [0.1, 0.15) is 0 Å². The Morgan fingerprint density at radius 2 is 2.44 bits per heavy atom. The minimum Gasteiger partial charge on any atom is -0.379 e. The maximum atomic E-state index is 5.44. The molecule has 2 aliphatic rings. The van der Waals surface area contributed by atoms with Crippen LogP contribution in [0, 0.1) is 5.92 Å². The smallest absolute Gasteiger partial charge is 0.0891 e. The van der Waals surface area contributed by atoms with Gasteiger partial charge in [-0.3, -0.25) is 0 Å². The zero-order valence-electron chi connectivity index (χ0n) is 5.83. The molecule has 1 heterocycles. The Hall–Kier alpha value is -0.0800. The van der Waals surface area contributed by atoms with Gasteiger partial charge in [0, 0.05) is 13.0 Å². The van der Waals surface area contributed by atoms with E-state index < -0.39 is 0 Å². The van der Waals surface area contributed by atoms with Gasteiger partial charge in [0.25, 0.3) is 0 Å². The summed E-state index contributed by atoms with van der Waals surface area (Å²) in [5, 5.41) is 0.